The zero-order valence-corrected chi connectivity index (χ0v) is 12.4. The Balaban J connectivity index is 1.70. The summed E-state index contributed by atoms with van der Waals surface area (Å²) in [7, 11) is 0. The summed E-state index contributed by atoms with van der Waals surface area (Å²) in [5.41, 5.74) is 2.26. The van der Waals surface area contributed by atoms with E-state index in [-0.39, 0.29) is 6.04 Å². The molecule has 0 aliphatic carbocycles. The van der Waals surface area contributed by atoms with Crippen LogP contribution in [0.15, 0.2) is 30.0 Å². The van der Waals surface area contributed by atoms with Crippen molar-refractivity contribution in [2.24, 2.45) is 0 Å². The molecule has 6 heteroatoms. The highest BCUT2D eigenvalue weighted by atomic mass is 32.1. The summed E-state index contributed by atoms with van der Waals surface area (Å²) in [6, 6.07) is 4.48. The lowest BCUT2D eigenvalue weighted by Crippen LogP contribution is -2.20. The molecule has 0 aromatic carbocycles. The summed E-state index contributed by atoms with van der Waals surface area (Å²) >= 11 is 1.72. The Hall–Kier alpha value is -1.79. The van der Waals surface area contributed by atoms with Gasteiger partial charge in [0.1, 0.15) is 12.2 Å². The molecule has 20 heavy (non-hydrogen) atoms. The maximum atomic E-state index is 4.48. The molecule has 0 aliphatic rings. The number of fused-ring (bicyclic) bond motifs is 1. The van der Waals surface area contributed by atoms with Crippen molar-refractivity contribution in [2.75, 3.05) is 0 Å². The van der Waals surface area contributed by atoms with Crippen molar-refractivity contribution in [3.05, 3.63) is 41.4 Å². The lowest BCUT2D eigenvalue weighted by atomic mass is 10.1. The van der Waals surface area contributed by atoms with Crippen molar-refractivity contribution in [1.82, 2.24) is 25.1 Å². The van der Waals surface area contributed by atoms with Crippen LogP contribution < -0.4 is 5.32 Å². The van der Waals surface area contributed by atoms with Crippen LogP contribution in [-0.2, 0) is 13.1 Å². The van der Waals surface area contributed by atoms with Crippen LogP contribution in [0, 0.1) is 0 Å². The normalized spacial score (nSPS) is 12.9. The number of hydrogen-bond donors (Lipinski definition) is 1. The number of hydrogen-bond acceptors (Lipinski definition) is 5. The number of pyridine rings is 1. The van der Waals surface area contributed by atoms with Crippen LogP contribution in [0.25, 0.3) is 10.2 Å². The average molecular weight is 287 g/mol. The predicted molar refractivity (Wildman–Crippen MR) is 80.6 cm³/mol. The van der Waals surface area contributed by atoms with Gasteiger partial charge in [0.25, 0.3) is 0 Å². The third-order valence-electron chi connectivity index (χ3n) is 3.43. The minimum atomic E-state index is 0.232. The predicted octanol–water partition coefficient (Wildman–Crippen LogP) is 2.76. The summed E-state index contributed by atoms with van der Waals surface area (Å²) in [5.74, 6) is 0.963. The highest BCUT2D eigenvalue weighted by Crippen LogP contribution is 2.22. The maximum Gasteiger partial charge on any atom is 0.146 e. The lowest BCUT2D eigenvalue weighted by Gasteiger charge is -2.14. The standard InChI is InChI=1S/C14H17N5S/c1-3-19-9-17-18-14(19)8-15-10(2)11-6-13-12(16-7-11)4-5-20-13/h4-7,9-10,15H,3,8H2,1-2H3. The molecule has 5 nitrogen and oxygen atoms in total. The largest absolute Gasteiger partial charge is 0.317 e. The van der Waals surface area contributed by atoms with Gasteiger partial charge in [0, 0.05) is 18.8 Å². The second kappa shape index (κ2) is 5.68. The molecule has 1 atom stereocenters. The van der Waals surface area contributed by atoms with Crippen LogP contribution in [0.1, 0.15) is 31.3 Å². The molecule has 0 saturated heterocycles. The Labute approximate surface area is 121 Å². The van der Waals surface area contributed by atoms with Crippen LogP contribution in [0.3, 0.4) is 0 Å². The third kappa shape index (κ3) is 2.57. The third-order valence-corrected chi connectivity index (χ3v) is 4.28. The highest BCUT2D eigenvalue weighted by Gasteiger charge is 2.09. The molecule has 3 aromatic rings. The number of aromatic nitrogens is 4. The first kappa shape index (κ1) is 13.2. The quantitative estimate of drug-likeness (QED) is 0.784. The van der Waals surface area contributed by atoms with E-state index in [0.717, 1.165) is 17.9 Å². The molecule has 3 aromatic heterocycles. The van der Waals surface area contributed by atoms with E-state index >= 15 is 0 Å². The van der Waals surface area contributed by atoms with E-state index in [0.29, 0.717) is 6.54 Å². The summed E-state index contributed by atoms with van der Waals surface area (Å²) < 4.78 is 3.27. The van der Waals surface area contributed by atoms with Crippen LogP contribution >= 0.6 is 11.3 Å². The summed E-state index contributed by atoms with van der Waals surface area (Å²) in [4.78, 5) is 4.48. The summed E-state index contributed by atoms with van der Waals surface area (Å²) in [5, 5.41) is 13.6. The van der Waals surface area contributed by atoms with Crippen molar-refractivity contribution in [1.29, 1.82) is 0 Å². The molecule has 0 fully saturated rings. The van der Waals surface area contributed by atoms with Crippen LogP contribution in [-0.4, -0.2) is 19.7 Å². The molecular weight excluding hydrogens is 270 g/mol. The highest BCUT2D eigenvalue weighted by molar-refractivity contribution is 7.17. The average Bonchev–Trinajstić information content (AvgIpc) is 3.12. The SMILES string of the molecule is CCn1cnnc1CNC(C)c1cnc2ccsc2c1. The van der Waals surface area contributed by atoms with Gasteiger partial charge in [-0.3, -0.25) is 4.98 Å². The van der Waals surface area contributed by atoms with E-state index < -0.39 is 0 Å². The number of nitrogens with zero attached hydrogens (tertiary/aromatic N) is 4. The number of rotatable bonds is 5. The van der Waals surface area contributed by atoms with Gasteiger partial charge in [-0.05, 0) is 36.9 Å². The minimum Gasteiger partial charge on any atom is -0.317 e. The van der Waals surface area contributed by atoms with Gasteiger partial charge in [0.2, 0.25) is 0 Å². The van der Waals surface area contributed by atoms with E-state index in [2.05, 4.69) is 45.8 Å². The first-order valence-electron chi connectivity index (χ1n) is 6.71. The molecule has 3 rings (SSSR count). The number of thiophene rings is 1. The second-order valence-electron chi connectivity index (χ2n) is 4.71. The zero-order chi connectivity index (χ0) is 13.9. The molecule has 0 aliphatic heterocycles. The molecule has 3 heterocycles. The molecule has 0 radical (unpaired) electrons. The van der Waals surface area contributed by atoms with Crippen molar-refractivity contribution in [2.45, 2.75) is 33.0 Å². The Morgan fingerprint density at radius 2 is 2.35 bits per heavy atom. The Kier molecular flexibility index (Phi) is 3.75. The summed E-state index contributed by atoms with van der Waals surface area (Å²) in [6.07, 6.45) is 3.71. The van der Waals surface area contributed by atoms with Gasteiger partial charge in [0.05, 0.1) is 16.8 Å². The van der Waals surface area contributed by atoms with E-state index in [1.165, 1.54) is 10.3 Å². The first-order valence-corrected chi connectivity index (χ1v) is 7.59. The Morgan fingerprint density at radius 1 is 1.45 bits per heavy atom. The Bertz CT molecular complexity index is 702. The molecule has 1 N–H and O–H groups in total. The fraction of sp³-hybridized carbons (Fsp3) is 0.357. The van der Waals surface area contributed by atoms with E-state index in [1.807, 2.05) is 16.8 Å². The Morgan fingerprint density at radius 3 is 3.20 bits per heavy atom. The first-order chi connectivity index (χ1) is 9.78. The number of nitrogens with one attached hydrogen (secondary N) is 1. The fourth-order valence-electron chi connectivity index (χ4n) is 2.14. The minimum absolute atomic E-state index is 0.232. The van der Waals surface area contributed by atoms with E-state index in [4.69, 9.17) is 0 Å². The van der Waals surface area contributed by atoms with Gasteiger partial charge < -0.3 is 9.88 Å². The van der Waals surface area contributed by atoms with Crippen molar-refractivity contribution >= 4 is 21.6 Å². The van der Waals surface area contributed by atoms with Gasteiger partial charge in [-0.25, -0.2) is 0 Å². The fourth-order valence-corrected chi connectivity index (χ4v) is 2.93. The van der Waals surface area contributed by atoms with Gasteiger partial charge in [0.15, 0.2) is 0 Å². The summed E-state index contributed by atoms with van der Waals surface area (Å²) in [6.45, 7) is 5.83. The molecule has 0 bridgehead atoms. The van der Waals surface area contributed by atoms with Gasteiger partial charge in [-0.1, -0.05) is 0 Å². The smallest absolute Gasteiger partial charge is 0.146 e. The molecular formula is C14H17N5S. The van der Waals surface area contributed by atoms with Crippen molar-refractivity contribution in [3.63, 3.8) is 0 Å². The van der Waals surface area contributed by atoms with Gasteiger partial charge in [-0.15, -0.1) is 21.5 Å². The zero-order valence-electron chi connectivity index (χ0n) is 11.6. The van der Waals surface area contributed by atoms with Crippen LogP contribution in [0.4, 0.5) is 0 Å². The molecule has 0 spiro atoms. The topological polar surface area (TPSA) is 55.6 Å². The van der Waals surface area contributed by atoms with E-state index in [1.54, 1.807) is 17.7 Å². The second-order valence-corrected chi connectivity index (χ2v) is 5.66. The molecule has 0 saturated carbocycles. The van der Waals surface area contributed by atoms with Gasteiger partial charge >= 0.3 is 0 Å². The lowest BCUT2D eigenvalue weighted by molar-refractivity contribution is 0.539. The van der Waals surface area contributed by atoms with E-state index in [9.17, 15) is 0 Å². The molecule has 1 unspecified atom stereocenters. The van der Waals surface area contributed by atoms with Gasteiger partial charge in [-0.2, -0.15) is 0 Å². The van der Waals surface area contributed by atoms with Crippen molar-refractivity contribution < 1.29 is 0 Å². The molecule has 0 amide bonds. The maximum absolute atomic E-state index is 4.48. The van der Waals surface area contributed by atoms with Crippen LogP contribution in [0.5, 0.6) is 0 Å². The van der Waals surface area contributed by atoms with Crippen LogP contribution in [0.2, 0.25) is 0 Å². The monoisotopic (exact) mass is 287 g/mol. The van der Waals surface area contributed by atoms with Crippen molar-refractivity contribution in [3.8, 4) is 0 Å². The number of aryl methyl sites for hydroxylation is 1. The molecule has 104 valence electrons.